The minimum absolute atomic E-state index is 0. The van der Waals surface area contributed by atoms with Gasteiger partial charge in [-0.05, 0) is 191 Å². The number of rotatable bonds is 8. The first kappa shape index (κ1) is 111. The fourth-order valence-electron chi connectivity index (χ4n) is 14.4. The summed E-state index contributed by atoms with van der Waals surface area (Å²) in [5, 5.41) is 47.8. The summed E-state index contributed by atoms with van der Waals surface area (Å²) in [6, 6.07) is 101. The molecule has 30 heteroatoms. The normalized spacial score (nSPS) is 11.0. The number of aryl methyl sites for hydroxylation is 1. The fourth-order valence-corrected chi connectivity index (χ4v) is 15.4. The van der Waals surface area contributed by atoms with E-state index in [-0.39, 0.29) is 132 Å². The third-order valence-electron chi connectivity index (χ3n) is 20.4. The van der Waals surface area contributed by atoms with Gasteiger partial charge in [0.2, 0.25) is 11.4 Å². The van der Waals surface area contributed by atoms with E-state index in [9.17, 15) is 44.7 Å². The van der Waals surface area contributed by atoms with E-state index in [1.165, 1.54) is 140 Å². The molecule has 0 amide bonds. The number of ketones is 2. The number of carbonyl (C=O) groups is 2. The molecule has 3 N–H and O–H groups in total. The Labute approximate surface area is 871 Å². The Morgan fingerprint density at radius 3 is 1.53 bits per heavy atom. The van der Waals surface area contributed by atoms with Crippen LogP contribution in [0.2, 0.25) is 0 Å². The molecule has 13 heterocycles. The van der Waals surface area contributed by atoms with Gasteiger partial charge < -0.3 is 45.3 Å². The Kier molecular flexibility index (Phi) is 42.0. The van der Waals surface area contributed by atoms with Crippen LogP contribution in [0.3, 0.4) is 0 Å². The Bertz CT molecular complexity index is 7590. The van der Waals surface area contributed by atoms with Crippen molar-refractivity contribution in [3.05, 3.63) is 458 Å². The maximum Gasteiger partial charge on any atom is 0.399 e. The van der Waals surface area contributed by atoms with Crippen LogP contribution >= 0.6 is 11.3 Å². The molecule has 0 aliphatic carbocycles. The van der Waals surface area contributed by atoms with Crippen molar-refractivity contribution in [1.29, 1.82) is 0 Å². The van der Waals surface area contributed by atoms with Crippen LogP contribution in [0, 0.1) is 42.8 Å². The number of fused-ring (bicyclic) bond motifs is 13. The number of aliphatic hydroxyl groups is 3. The van der Waals surface area contributed by atoms with Crippen molar-refractivity contribution in [3.63, 3.8) is 0 Å². The predicted octanol–water partition coefficient (Wildman–Crippen LogP) is 26.2. The average Bonchev–Trinajstić information content (AvgIpc) is 1.61. The number of hydrogen-bond acceptors (Lipinski definition) is 15. The number of carbonyl (C=O) groups excluding carboxylic acids is 2. The van der Waals surface area contributed by atoms with Gasteiger partial charge in [-0.25, -0.2) is 0 Å². The number of hydrogen-bond donors (Lipinski definition) is 3. The van der Waals surface area contributed by atoms with Crippen LogP contribution in [0.25, 0.3) is 138 Å². The number of aromatic nitrogens is 12. The molecule has 142 heavy (non-hydrogen) atoms. The Hall–Kier alpha value is -14.5. The summed E-state index contributed by atoms with van der Waals surface area (Å²) in [5.41, 5.74) is 9.68. The van der Waals surface area contributed by atoms with E-state index < -0.39 is 35.1 Å². The molecule has 22 rings (SSSR count). The molecule has 0 saturated carbocycles. The molecule has 20 aromatic rings. The Morgan fingerprint density at radius 2 is 0.993 bits per heavy atom. The summed E-state index contributed by atoms with van der Waals surface area (Å²) in [6.45, 7) is 12.8. The SMILES string of the molecule is C=C(O)c1ccccn1.CC(=O)C=C(C)O.CC(=O)C=C(C)O.Cc1n[n-]c(-c2ccccn2)n1.FC(F)(F)c1[c-]c(-c2ccccn2)cc(C(F)(F)F)c1.Fc1c[c-]c(-c2ccccn2)c(F)c1.[Ir].[Ir].[Ir].[Ir].[c-]1ccc2ccccc2c1-c1cc2ccccc2cn1.[c-]1cnccc1-c1nccc2ccccc12.c1ccc2c(c1)C[n+]1ccc3ccccc3c1-2.c1ccc2c3[n+](ccc2c1)Cc1ccsc1-3. The minimum atomic E-state index is -4.91. The first-order valence-corrected chi connectivity index (χ1v) is 43.6. The standard InChI is InChI=1S/C19H12N.C16H12N.C14H9N2.C14H10NS.C13H6F6N.C11H6F2N.C8H7N4.C7H7NO.2C5H8O2.4Ir/c1-2-8-16-13-20-19(12-15(16)7-1)18-11-5-9-14-6-3-4-10-17(14)18;1-3-7-14-12(5-1)9-10-17-11-13-6-2-4-8-15(13)16(14)17;1-2-4-13-11(3-1)7-10-16-14(13)12-5-8-15-9-6-12;1-2-4-12-10(3-1)5-7-15-9-11-6-8-16-14(11)13(12)15;14-12(15,16)9-5-8(11-3-1-2-4-20-11)6-10(7-9)13(17,18)19;12-8-4-5-9(10(13)7-8)11-3-1-2-6-14-11;1-6-10-8(12-11-6)7-4-2-3-5-9-7;1-6(9)7-4-2-3-5-8-7;2*1-4(6)3-5(2)7;;;;/h1-10,12-13H;1-10H,11H2;1-5,7-10H;1-8H,9H2;1-5,7H;1-4,6-7H;2-5H,1H3;2-5,9H,1H2;2*3,6H,1-2H3;;;;/q-1;+1;-1;+1;3*-1;;;;;;;. The number of allylic oxidation sites excluding steroid dienone is 4. The molecule has 4 radical (unpaired) electrons. The van der Waals surface area contributed by atoms with Crippen molar-refractivity contribution in [3.8, 4) is 78.4 Å². The Morgan fingerprint density at radius 1 is 0.465 bits per heavy atom. The second-order valence-corrected chi connectivity index (χ2v) is 31.5. The van der Waals surface area contributed by atoms with Crippen molar-refractivity contribution >= 4 is 82.5 Å². The topological polar surface area (TPSA) is 233 Å². The molecule has 9 aromatic carbocycles. The number of aliphatic hydroxyl groups excluding tert-OH is 3. The van der Waals surface area contributed by atoms with Crippen LogP contribution in [0.4, 0.5) is 35.1 Å². The smallest absolute Gasteiger partial charge is 0.399 e. The summed E-state index contributed by atoms with van der Waals surface area (Å²) in [4.78, 5) is 54.2. The number of benzene rings is 9. The summed E-state index contributed by atoms with van der Waals surface area (Å²) in [7, 11) is 0. The van der Waals surface area contributed by atoms with Gasteiger partial charge in [-0.1, -0.05) is 193 Å². The summed E-state index contributed by atoms with van der Waals surface area (Å²) in [6.07, 6.45) is 10.3. The van der Waals surface area contributed by atoms with Crippen molar-refractivity contribution in [2.24, 2.45) is 0 Å². The van der Waals surface area contributed by atoms with Gasteiger partial charge in [-0.2, -0.15) is 47.1 Å². The zero-order valence-electron chi connectivity index (χ0n) is 76.1. The van der Waals surface area contributed by atoms with E-state index in [0.29, 0.717) is 29.1 Å². The zero-order valence-corrected chi connectivity index (χ0v) is 86.5. The maximum atomic E-state index is 13.2. The van der Waals surface area contributed by atoms with Gasteiger partial charge in [0.15, 0.2) is 37.0 Å². The van der Waals surface area contributed by atoms with Gasteiger partial charge >= 0.3 is 12.4 Å². The van der Waals surface area contributed by atoms with Gasteiger partial charge in [0.05, 0.1) is 33.5 Å². The van der Waals surface area contributed by atoms with Crippen LogP contribution < -0.4 is 14.2 Å². The van der Waals surface area contributed by atoms with Crippen molar-refractivity contribution < 1.29 is 150 Å². The molecule has 0 fully saturated rings. The molecule has 2 aliphatic heterocycles. The predicted molar refractivity (Wildman–Crippen MR) is 523 cm³/mol. The largest absolute Gasteiger partial charge is 0.512 e. The molecular formula is C112H85F8Ir4N12O5S-3. The molecule has 11 aromatic heterocycles. The van der Waals surface area contributed by atoms with E-state index in [1.807, 2.05) is 84.4 Å². The van der Waals surface area contributed by atoms with Crippen LogP contribution in [0.1, 0.15) is 61.5 Å². The molecule has 2 aliphatic rings. The summed E-state index contributed by atoms with van der Waals surface area (Å²) in [5.74, 6) is -0.134. The second-order valence-electron chi connectivity index (χ2n) is 30.6. The van der Waals surface area contributed by atoms with Crippen LogP contribution in [0.15, 0.2) is 389 Å². The van der Waals surface area contributed by atoms with Gasteiger partial charge in [-0.15, -0.1) is 82.4 Å². The number of pyridine rings is 9. The molecule has 0 spiro atoms. The van der Waals surface area contributed by atoms with Gasteiger partial charge in [-0.3, -0.25) is 38.4 Å². The van der Waals surface area contributed by atoms with Crippen LogP contribution in [0.5, 0.6) is 0 Å². The fraction of sp³-hybridized carbons (Fsp3) is 0.0804. The van der Waals surface area contributed by atoms with Crippen LogP contribution in [-0.2, 0) is 115 Å². The zero-order chi connectivity index (χ0) is 97.7. The Balaban J connectivity index is 0.000000178. The number of thiophene rings is 1. The monoisotopic (exact) mass is 2630 g/mol. The molecule has 0 atom stereocenters. The minimum Gasteiger partial charge on any atom is -0.512 e. The van der Waals surface area contributed by atoms with E-state index in [4.69, 9.17) is 15.3 Å². The summed E-state index contributed by atoms with van der Waals surface area (Å²) < 4.78 is 106. The third kappa shape index (κ3) is 31.0. The molecule has 724 valence electrons. The maximum absolute atomic E-state index is 13.2. The van der Waals surface area contributed by atoms with Gasteiger partial charge in [0.25, 0.3) is 0 Å². The number of nitrogens with zero attached hydrogens (tertiary/aromatic N) is 12. The number of alkyl halides is 6. The van der Waals surface area contributed by atoms with Gasteiger partial charge in [0.1, 0.15) is 16.3 Å². The average molecular weight is 2630 g/mol. The molecule has 0 bridgehead atoms. The molecule has 17 nitrogen and oxygen atoms in total. The molecule has 0 unspecified atom stereocenters. The van der Waals surface area contributed by atoms with E-state index >= 15 is 0 Å². The second kappa shape index (κ2) is 53.7. The molecular weight excluding hydrogens is 2550 g/mol. The number of halogens is 8. The van der Waals surface area contributed by atoms with E-state index in [0.717, 1.165) is 64.2 Å². The quantitative estimate of drug-likeness (QED) is 0.0422. The van der Waals surface area contributed by atoms with Crippen molar-refractivity contribution in [2.75, 3.05) is 0 Å². The van der Waals surface area contributed by atoms with Gasteiger partial charge in [0, 0.05) is 170 Å². The first-order chi connectivity index (χ1) is 66.6. The third-order valence-corrected chi connectivity index (χ3v) is 21.4. The van der Waals surface area contributed by atoms with Crippen LogP contribution in [-0.4, -0.2) is 71.9 Å². The van der Waals surface area contributed by atoms with Crippen molar-refractivity contribution in [1.82, 2.24) is 50.1 Å². The first-order valence-electron chi connectivity index (χ1n) is 42.7. The van der Waals surface area contributed by atoms with Crippen molar-refractivity contribution in [2.45, 2.75) is 60.1 Å². The molecule has 0 saturated heterocycles. The summed E-state index contributed by atoms with van der Waals surface area (Å²) >= 11 is 1.85. The van der Waals surface area contributed by atoms with E-state index in [1.54, 1.807) is 74.3 Å². The van der Waals surface area contributed by atoms with E-state index in [2.05, 4.69) is 259 Å².